The van der Waals surface area contributed by atoms with Crippen molar-refractivity contribution >= 4 is 22.2 Å². The second-order valence-electron chi connectivity index (χ2n) is 3.75. The van der Waals surface area contributed by atoms with Gasteiger partial charge in [0.25, 0.3) is 0 Å². The zero-order valence-electron chi connectivity index (χ0n) is 9.44. The molecule has 4 nitrogen and oxygen atoms in total. The number of methoxy groups -OCH3 is 1. The summed E-state index contributed by atoms with van der Waals surface area (Å²) in [7, 11) is 1.55. The van der Waals surface area contributed by atoms with Crippen LogP contribution in [0.15, 0.2) is 16.6 Å². The monoisotopic (exact) mass is 300 g/mol. The van der Waals surface area contributed by atoms with Crippen molar-refractivity contribution in [2.24, 2.45) is 0 Å². The summed E-state index contributed by atoms with van der Waals surface area (Å²) in [6.07, 6.45) is 1.70. The van der Waals surface area contributed by atoms with E-state index in [0.717, 1.165) is 19.3 Å². The van der Waals surface area contributed by atoms with Crippen LogP contribution in [-0.4, -0.2) is 32.7 Å². The zero-order valence-corrected chi connectivity index (χ0v) is 11.0. The van der Waals surface area contributed by atoms with E-state index >= 15 is 0 Å². The first-order valence-electron chi connectivity index (χ1n) is 5.31. The van der Waals surface area contributed by atoms with E-state index in [0.29, 0.717) is 28.1 Å². The number of benzene rings is 1. The normalized spacial score (nSPS) is 19.1. The third kappa shape index (κ3) is 2.79. The summed E-state index contributed by atoms with van der Waals surface area (Å²) < 4.78 is 16.9. The van der Waals surface area contributed by atoms with Gasteiger partial charge in [-0.2, -0.15) is 0 Å². The molecular weight excluding hydrogens is 288 g/mol. The van der Waals surface area contributed by atoms with Crippen LogP contribution in [0, 0.1) is 0 Å². The van der Waals surface area contributed by atoms with E-state index < -0.39 is 0 Å². The summed E-state index contributed by atoms with van der Waals surface area (Å²) in [6, 6.07) is 3.41. The molecule has 5 heteroatoms. The van der Waals surface area contributed by atoms with Gasteiger partial charge in [-0.25, -0.2) is 0 Å². The summed E-state index contributed by atoms with van der Waals surface area (Å²) in [6.45, 7) is 1.32. The number of carbonyl (C=O) groups is 1. The number of halogens is 1. The van der Waals surface area contributed by atoms with Crippen molar-refractivity contribution in [2.45, 2.75) is 12.5 Å². The van der Waals surface area contributed by atoms with E-state index in [4.69, 9.17) is 14.2 Å². The molecule has 0 bridgehead atoms. The Balaban J connectivity index is 2.25. The van der Waals surface area contributed by atoms with Crippen LogP contribution in [0.1, 0.15) is 16.8 Å². The molecule has 0 saturated carbocycles. The Morgan fingerprint density at radius 3 is 2.88 bits per heavy atom. The molecule has 0 aromatic heterocycles. The highest BCUT2D eigenvalue weighted by atomic mass is 79.9. The number of rotatable bonds is 4. The Kier molecular flexibility index (Phi) is 4.02. The van der Waals surface area contributed by atoms with Crippen LogP contribution in [0.2, 0.25) is 0 Å². The first kappa shape index (κ1) is 12.4. The maximum absolute atomic E-state index is 10.8. The molecular formula is C12H13BrO4. The fraction of sp³-hybridized carbons (Fsp3) is 0.417. The summed E-state index contributed by atoms with van der Waals surface area (Å²) in [4.78, 5) is 10.8. The Labute approximate surface area is 108 Å². The van der Waals surface area contributed by atoms with Gasteiger partial charge in [-0.15, -0.1) is 0 Å². The highest BCUT2D eigenvalue weighted by molar-refractivity contribution is 9.10. The molecule has 0 N–H and O–H groups in total. The number of ether oxygens (including phenoxy) is 3. The molecule has 1 aromatic rings. The first-order valence-corrected chi connectivity index (χ1v) is 6.11. The maximum Gasteiger partial charge on any atom is 0.162 e. The number of carbonyl (C=O) groups excluding carboxylic acids is 1. The predicted molar refractivity (Wildman–Crippen MR) is 65.9 cm³/mol. The molecule has 17 heavy (non-hydrogen) atoms. The van der Waals surface area contributed by atoms with E-state index in [9.17, 15) is 4.79 Å². The lowest BCUT2D eigenvalue weighted by atomic mass is 10.2. The first-order chi connectivity index (χ1) is 8.24. The number of hydrogen-bond donors (Lipinski definition) is 0. The maximum atomic E-state index is 10.8. The Morgan fingerprint density at radius 1 is 1.47 bits per heavy atom. The van der Waals surface area contributed by atoms with E-state index in [1.165, 1.54) is 0 Å². The van der Waals surface area contributed by atoms with Gasteiger partial charge in [0.05, 0.1) is 20.3 Å². The molecule has 2 rings (SSSR count). The third-order valence-electron chi connectivity index (χ3n) is 2.59. The van der Waals surface area contributed by atoms with Gasteiger partial charge in [0, 0.05) is 16.5 Å². The molecule has 0 aliphatic carbocycles. The van der Waals surface area contributed by atoms with Crippen LogP contribution in [0.25, 0.3) is 0 Å². The second kappa shape index (κ2) is 5.51. The molecule has 92 valence electrons. The number of hydrogen-bond acceptors (Lipinski definition) is 4. The van der Waals surface area contributed by atoms with Crippen molar-refractivity contribution in [2.75, 3.05) is 20.3 Å². The highest BCUT2D eigenvalue weighted by Gasteiger charge is 2.20. The second-order valence-corrected chi connectivity index (χ2v) is 4.60. The fourth-order valence-corrected chi connectivity index (χ4v) is 2.09. The van der Waals surface area contributed by atoms with Gasteiger partial charge >= 0.3 is 0 Å². The average molecular weight is 301 g/mol. The molecule has 0 spiro atoms. The molecule has 0 amide bonds. The Hall–Kier alpha value is -1.07. The molecule has 1 aromatic carbocycles. The van der Waals surface area contributed by atoms with Crippen LogP contribution in [-0.2, 0) is 4.74 Å². The minimum absolute atomic E-state index is 0.0536. The Bertz CT molecular complexity index is 413. The van der Waals surface area contributed by atoms with Crippen molar-refractivity contribution < 1.29 is 19.0 Å². The van der Waals surface area contributed by atoms with Crippen molar-refractivity contribution in [1.29, 1.82) is 0 Å². The van der Waals surface area contributed by atoms with Crippen molar-refractivity contribution in [3.05, 3.63) is 22.2 Å². The molecule has 1 heterocycles. The summed E-state index contributed by atoms with van der Waals surface area (Å²) in [5, 5.41) is 0. The molecule has 0 radical (unpaired) electrons. The van der Waals surface area contributed by atoms with Crippen LogP contribution in [0.3, 0.4) is 0 Å². The minimum atomic E-state index is 0.0536. The smallest absolute Gasteiger partial charge is 0.162 e. The lowest BCUT2D eigenvalue weighted by Crippen LogP contribution is -2.16. The Morgan fingerprint density at radius 2 is 2.29 bits per heavy atom. The van der Waals surface area contributed by atoms with Crippen LogP contribution in [0.4, 0.5) is 0 Å². The zero-order chi connectivity index (χ0) is 12.3. The van der Waals surface area contributed by atoms with Gasteiger partial charge in [0.1, 0.15) is 6.10 Å². The van der Waals surface area contributed by atoms with Gasteiger partial charge < -0.3 is 14.2 Å². The lowest BCUT2D eigenvalue weighted by Gasteiger charge is -2.15. The summed E-state index contributed by atoms with van der Waals surface area (Å²) in [5.41, 5.74) is 0.539. The molecule has 1 aliphatic heterocycles. The molecule has 1 saturated heterocycles. The van der Waals surface area contributed by atoms with Crippen LogP contribution in [0.5, 0.6) is 11.5 Å². The van der Waals surface area contributed by atoms with Gasteiger partial charge in [0.15, 0.2) is 17.8 Å². The quantitative estimate of drug-likeness (QED) is 0.801. The van der Waals surface area contributed by atoms with Crippen LogP contribution < -0.4 is 9.47 Å². The molecule has 1 atom stereocenters. The summed E-state index contributed by atoms with van der Waals surface area (Å²) >= 11 is 3.32. The predicted octanol–water partition coefficient (Wildman–Crippen LogP) is 2.44. The van der Waals surface area contributed by atoms with Crippen molar-refractivity contribution in [3.8, 4) is 11.5 Å². The SMILES string of the molecule is COc1cc(C=O)c(Br)cc1O[C@H]1CCOC1. The van der Waals surface area contributed by atoms with Gasteiger partial charge in [-0.3, -0.25) is 4.79 Å². The lowest BCUT2D eigenvalue weighted by molar-refractivity contribution is 0.112. The van der Waals surface area contributed by atoms with E-state index in [1.807, 2.05) is 0 Å². The van der Waals surface area contributed by atoms with E-state index in [2.05, 4.69) is 15.9 Å². The van der Waals surface area contributed by atoms with Crippen molar-refractivity contribution in [1.82, 2.24) is 0 Å². The summed E-state index contributed by atoms with van der Waals surface area (Å²) in [5.74, 6) is 1.18. The van der Waals surface area contributed by atoms with Crippen molar-refractivity contribution in [3.63, 3.8) is 0 Å². The van der Waals surface area contributed by atoms with Gasteiger partial charge in [-0.05, 0) is 28.1 Å². The van der Waals surface area contributed by atoms with Gasteiger partial charge in [0.2, 0.25) is 0 Å². The van der Waals surface area contributed by atoms with E-state index in [1.54, 1.807) is 19.2 Å². The number of aldehydes is 1. The fourth-order valence-electron chi connectivity index (χ4n) is 1.68. The molecule has 0 unspecified atom stereocenters. The largest absolute Gasteiger partial charge is 0.493 e. The highest BCUT2D eigenvalue weighted by Crippen LogP contribution is 2.34. The van der Waals surface area contributed by atoms with Crippen LogP contribution >= 0.6 is 15.9 Å². The average Bonchev–Trinajstić information content (AvgIpc) is 2.82. The molecule has 1 fully saturated rings. The standard InChI is InChI=1S/C12H13BrO4/c1-15-11-4-8(6-14)10(13)5-12(11)17-9-2-3-16-7-9/h4-6,9H,2-3,7H2,1H3/t9-/m0/s1. The van der Waals surface area contributed by atoms with Gasteiger partial charge in [-0.1, -0.05) is 0 Å². The van der Waals surface area contributed by atoms with E-state index in [-0.39, 0.29) is 6.10 Å². The molecule has 1 aliphatic rings. The topological polar surface area (TPSA) is 44.8 Å². The third-order valence-corrected chi connectivity index (χ3v) is 3.28. The minimum Gasteiger partial charge on any atom is -0.493 e.